The quantitative estimate of drug-likeness (QED) is 0.313. The number of nitrogens with zero attached hydrogens (tertiary/aromatic N) is 3. The van der Waals surface area contributed by atoms with Crippen molar-refractivity contribution < 1.29 is 59.3 Å². The van der Waals surface area contributed by atoms with Crippen molar-refractivity contribution in [1.82, 2.24) is 14.5 Å². The number of carboxylic acids is 2. The van der Waals surface area contributed by atoms with E-state index in [4.69, 9.17) is 25.5 Å². The Morgan fingerprint density at radius 3 is 1.97 bits per heavy atom. The van der Waals surface area contributed by atoms with Crippen molar-refractivity contribution in [3.8, 4) is 0 Å². The highest BCUT2D eigenvalue weighted by Gasteiger charge is 2.39. The molecule has 0 fully saturated rings. The number of carbonyl (C=O) groups is 2. The molecule has 8 nitrogen and oxygen atoms in total. The molecule has 0 amide bonds. The molecule has 37 heavy (non-hydrogen) atoms. The average molecular weight is 546 g/mol. The zero-order chi connectivity index (χ0) is 28.3. The molecule has 0 unspecified atom stereocenters. The van der Waals surface area contributed by atoms with Gasteiger partial charge in [0.05, 0.1) is 0 Å². The second kappa shape index (κ2) is 11.0. The van der Waals surface area contributed by atoms with Crippen LogP contribution in [0, 0.1) is 17.5 Å². The number of fused-ring (bicyclic) bond motifs is 3. The Kier molecular flexibility index (Phi) is 8.74. The Bertz CT molecular complexity index is 1270. The number of pyridine rings is 1. The smallest absolute Gasteiger partial charge is 0.475 e. The maximum Gasteiger partial charge on any atom is 0.490 e. The van der Waals surface area contributed by atoms with Crippen LogP contribution >= 0.6 is 0 Å². The van der Waals surface area contributed by atoms with E-state index in [0.717, 1.165) is 23.1 Å². The summed E-state index contributed by atoms with van der Waals surface area (Å²) in [5, 5.41) is 14.2. The number of imidazole rings is 1. The van der Waals surface area contributed by atoms with E-state index in [-0.39, 0.29) is 5.56 Å². The summed E-state index contributed by atoms with van der Waals surface area (Å²) in [6.07, 6.45) is -8.15. The largest absolute Gasteiger partial charge is 0.490 e. The minimum Gasteiger partial charge on any atom is -0.475 e. The molecule has 2 atom stereocenters. The molecule has 0 spiro atoms. The number of benzene rings is 1. The molecule has 2 aromatic heterocycles. The van der Waals surface area contributed by atoms with Crippen LogP contribution in [-0.2, 0) is 22.6 Å². The second-order valence-corrected chi connectivity index (χ2v) is 7.35. The molecule has 17 heteroatoms. The predicted molar refractivity (Wildman–Crippen MR) is 106 cm³/mol. The van der Waals surface area contributed by atoms with Crippen LogP contribution in [0.1, 0.15) is 17.3 Å². The highest BCUT2D eigenvalue weighted by Crippen LogP contribution is 2.33. The van der Waals surface area contributed by atoms with Crippen molar-refractivity contribution in [1.29, 1.82) is 0 Å². The monoisotopic (exact) mass is 546 g/mol. The Balaban J connectivity index is 0.000000286. The third-order valence-corrected chi connectivity index (χ3v) is 4.82. The predicted octanol–water partition coefficient (Wildman–Crippen LogP) is 3.78. The van der Waals surface area contributed by atoms with Gasteiger partial charge in [0.15, 0.2) is 17.3 Å². The van der Waals surface area contributed by atoms with Crippen molar-refractivity contribution in [3.63, 3.8) is 0 Å². The van der Waals surface area contributed by atoms with Gasteiger partial charge in [0, 0.05) is 37.2 Å². The maximum atomic E-state index is 14.1. The van der Waals surface area contributed by atoms with Crippen LogP contribution in [0.15, 0.2) is 30.5 Å². The second-order valence-electron chi connectivity index (χ2n) is 7.35. The normalized spacial score (nSPS) is 17.1. The molecular formula is C20H15F9N4O4. The lowest BCUT2D eigenvalue weighted by molar-refractivity contribution is -0.193. The van der Waals surface area contributed by atoms with Gasteiger partial charge in [-0.3, -0.25) is 0 Å². The molecule has 0 saturated heterocycles. The van der Waals surface area contributed by atoms with Gasteiger partial charge in [-0.25, -0.2) is 32.7 Å². The van der Waals surface area contributed by atoms with Crippen LogP contribution in [0.3, 0.4) is 0 Å². The molecule has 1 aromatic carbocycles. The van der Waals surface area contributed by atoms with Crippen molar-refractivity contribution in [2.75, 3.05) is 0 Å². The Labute approximate surface area is 200 Å². The summed E-state index contributed by atoms with van der Waals surface area (Å²) in [6, 6.07) is 4.64. The summed E-state index contributed by atoms with van der Waals surface area (Å²) < 4.78 is 106. The van der Waals surface area contributed by atoms with E-state index in [0.29, 0.717) is 19.0 Å². The molecule has 4 N–H and O–H groups in total. The lowest BCUT2D eigenvalue weighted by Crippen LogP contribution is -2.39. The molecule has 3 aromatic rings. The molecular weight excluding hydrogens is 531 g/mol. The number of hydrogen-bond acceptors (Lipinski definition) is 5. The van der Waals surface area contributed by atoms with Crippen LogP contribution in [0.2, 0.25) is 0 Å². The van der Waals surface area contributed by atoms with Crippen LogP contribution in [0.4, 0.5) is 39.5 Å². The molecule has 3 heterocycles. The third-order valence-electron chi connectivity index (χ3n) is 4.82. The highest BCUT2D eigenvalue weighted by molar-refractivity contribution is 5.73. The van der Waals surface area contributed by atoms with E-state index in [1.54, 1.807) is 12.3 Å². The summed E-state index contributed by atoms with van der Waals surface area (Å²) in [5.41, 5.74) is 7.72. The number of rotatable bonds is 1. The SMILES string of the molecule is N[C@H]1Cn2c(nc3cccnc32)C[C@@H]1c1cc(F)c(F)cc1F.O=C(O)C(F)(F)F.O=C(O)C(F)(F)F. The van der Waals surface area contributed by atoms with Crippen LogP contribution in [-0.4, -0.2) is 55.1 Å². The van der Waals surface area contributed by atoms with Crippen LogP contribution in [0.25, 0.3) is 11.2 Å². The fourth-order valence-electron chi connectivity index (χ4n) is 3.20. The maximum absolute atomic E-state index is 14.1. The van der Waals surface area contributed by atoms with Gasteiger partial charge in [-0.1, -0.05) is 0 Å². The Morgan fingerprint density at radius 2 is 1.46 bits per heavy atom. The van der Waals surface area contributed by atoms with Gasteiger partial charge in [0.25, 0.3) is 0 Å². The lowest BCUT2D eigenvalue weighted by atomic mass is 9.86. The lowest BCUT2D eigenvalue weighted by Gasteiger charge is -2.30. The van der Waals surface area contributed by atoms with E-state index in [9.17, 15) is 39.5 Å². The summed E-state index contributed by atoms with van der Waals surface area (Å²) in [7, 11) is 0. The fraction of sp³-hybridized carbons (Fsp3) is 0.300. The first kappa shape index (κ1) is 29.3. The minimum atomic E-state index is -5.08. The molecule has 1 aliphatic rings. The van der Waals surface area contributed by atoms with Gasteiger partial charge in [-0.05, 0) is 23.8 Å². The van der Waals surface area contributed by atoms with E-state index in [1.807, 2.05) is 10.6 Å². The highest BCUT2D eigenvalue weighted by atomic mass is 19.4. The number of hydrogen-bond donors (Lipinski definition) is 3. The van der Waals surface area contributed by atoms with E-state index in [2.05, 4.69) is 9.97 Å². The molecule has 0 saturated carbocycles. The zero-order valence-corrected chi connectivity index (χ0v) is 18.0. The third kappa shape index (κ3) is 7.31. The molecule has 0 radical (unpaired) electrons. The number of aromatic nitrogens is 3. The van der Waals surface area contributed by atoms with Gasteiger partial charge in [0.1, 0.15) is 17.2 Å². The van der Waals surface area contributed by atoms with Crippen molar-refractivity contribution >= 4 is 23.1 Å². The summed E-state index contributed by atoms with van der Waals surface area (Å²) in [4.78, 5) is 26.6. The van der Waals surface area contributed by atoms with Crippen molar-refractivity contribution in [2.24, 2.45) is 5.73 Å². The number of nitrogens with two attached hydrogens (primary N) is 1. The topological polar surface area (TPSA) is 131 Å². The standard InChI is InChI=1S/C16H13F3N4.2C2HF3O2/c17-10-6-12(19)11(18)4-8(10)9-5-15-22-14-2-1-3-21-16(14)23(15)7-13(9)20;2*3-2(4,5)1(6)7/h1-4,6,9,13H,5,7,20H2;2*(H,6,7)/t9-,13+;;/m1../s1. The summed E-state index contributed by atoms with van der Waals surface area (Å²) >= 11 is 0. The fourth-order valence-corrected chi connectivity index (χ4v) is 3.20. The van der Waals surface area contributed by atoms with E-state index < -0.39 is 53.7 Å². The van der Waals surface area contributed by atoms with Crippen molar-refractivity contribution in [3.05, 3.63) is 59.3 Å². The van der Waals surface area contributed by atoms with Gasteiger partial charge in [0.2, 0.25) is 0 Å². The molecule has 4 rings (SSSR count). The molecule has 0 aliphatic carbocycles. The molecule has 202 valence electrons. The summed E-state index contributed by atoms with van der Waals surface area (Å²) in [5.74, 6) is -8.32. The zero-order valence-electron chi connectivity index (χ0n) is 18.0. The first-order valence-electron chi connectivity index (χ1n) is 9.73. The molecule has 0 bridgehead atoms. The number of halogens is 9. The Morgan fingerprint density at radius 1 is 0.946 bits per heavy atom. The van der Waals surface area contributed by atoms with Gasteiger partial charge in [-0.2, -0.15) is 26.3 Å². The first-order chi connectivity index (χ1) is 16.9. The van der Waals surface area contributed by atoms with Gasteiger partial charge >= 0.3 is 24.3 Å². The van der Waals surface area contributed by atoms with Gasteiger partial charge < -0.3 is 20.5 Å². The molecule has 1 aliphatic heterocycles. The van der Waals surface area contributed by atoms with Crippen LogP contribution < -0.4 is 5.73 Å². The van der Waals surface area contributed by atoms with E-state index in [1.165, 1.54) is 0 Å². The van der Waals surface area contributed by atoms with Crippen molar-refractivity contribution in [2.45, 2.75) is 37.3 Å². The number of aliphatic carboxylic acids is 2. The van der Waals surface area contributed by atoms with Gasteiger partial charge in [-0.15, -0.1) is 0 Å². The van der Waals surface area contributed by atoms with E-state index >= 15 is 0 Å². The number of carboxylic acid groups (broad SMARTS) is 2. The van der Waals surface area contributed by atoms with Crippen LogP contribution in [0.5, 0.6) is 0 Å². The average Bonchev–Trinajstić information content (AvgIpc) is 3.13. The first-order valence-corrected chi connectivity index (χ1v) is 9.73. The number of alkyl halides is 6. The minimum absolute atomic E-state index is 0.0858. The Hall–Kier alpha value is -3.89. The summed E-state index contributed by atoms with van der Waals surface area (Å²) in [6.45, 7) is 0.395.